The second-order valence-corrected chi connectivity index (χ2v) is 5.60. The number of benzene rings is 1. The molecule has 0 unspecified atom stereocenters. The molecule has 6 heteroatoms. The van der Waals surface area contributed by atoms with Crippen molar-refractivity contribution in [3.63, 3.8) is 0 Å². The molecule has 0 aliphatic heterocycles. The lowest BCUT2D eigenvalue weighted by Crippen LogP contribution is -2.31. The van der Waals surface area contributed by atoms with Crippen molar-refractivity contribution in [3.8, 4) is 0 Å². The largest absolute Gasteiger partial charge is 0.479 e. The monoisotopic (exact) mass is 315 g/mol. The van der Waals surface area contributed by atoms with E-state index in [1.54, 1.807) is 44.3 Å². The Morgan fingerprint density at radius 1 is 1.17 bits per heavy atom. The Labute approximate surface area is 133 Å². The van der Waals surface area contributed by atoms with Crippen LogP contribution in [0, 0.1) is 5.92 Å². The molecule has 0 radical (unpaired) electrons. The first kappa shape index (κ1) is 16.6. The van der Waals surface area contributed by atoms with Gasteiger partial charge in [0.1, 0.15) is 0 Å². The average Bonchev–Trinajstić information content (AvgIpc) is 2.52. The van der Waals surface area contributed by atoms with E-state index < -0.39 is 23.8 Å². The van der Waals surface area contributed by atoms with Gasteiger partial charge in [0.25, 0.3) is 5.78 Å². The molecule has 1 heterocycles. The number of carboxylic acids is 1. The number of aromatic nitrogens is 1. The summed E-state index contributed by atoms with van der Waals surface area (Å²) >= 11 is 0. The molecule has 0 aliphatic rings. The van der Waals surface area contributed by atoms with Crippen LogP contribution in [0.3, 0.4) is 0 Å². The van der Waals surface area contributed by atoms with Crippen molar-refractivity contribution in [1.29, 1.82) is 0 Å². The fourth-order valence-electron chi connectivity index (χ4n) is 2.22. The number of carbonyl (C=O) groups is 3. The number of ketones is 1. The van der Waals surface area contributed by atoms with E-state index >= 15 is 0 Å². The highest BCUT2D eigenvalue weighted by atomic mass is 16.6. The molecule has 23 heavy (non-hydrogen) atoms. The van der Waals surface area contributed by atoms with Crippen molar-refractivity contribution in [2.45, 2.75) is 26.4 Å². The first-order valence-electron chi connectivity index (χ1n) is 7.21. The minimum atomic E-state index is -1.34. The second kappa shape index (κ2) is 7.00. The summed E-state index contributed by atoms with van der Waals surface area (Å²) in [6.45, 7) is 3.61. The molecule has 2 aromatic rings. The summed E-state index contributed by atoms with van der Waals surface area (Å²) in [5, 5.41) is 10.4. The second-order valence-electron chi connectivity index (χ2n) is 5.60. The molecule has 6 nitrogen and oxygen atoms in total. The number of ether oxygens (including phenoxy) is 1. The van der Waals surface area contributed by atoms with Gasteiger partial charge in [-0.05, 0) is 17.7 Å². The maximum atomic E-state index is 12.3. The van der Waals surface area contributed by atoms with E-state index in [4.69, 9.17) is 9.84 Å². The number of aliphatic carboxylic acids is 1. The number of fused-ring (bicyclic) bond motifs is 1. The van der Waals surface area contributed by atoms with Crippen molar-refractivity contribution in [3.05, 3.63) is 42.2 Å². The lowest BCUT2D eigenvalue weighted by Gasteiger charge is -2.15. The van der Waals surface area contributed by atoms with Gasteiger partial charge in [0.05, 0.1) is 5.56 Å². The van der Waals surface area contributed by atoms with Crippen LogP contribution in [0.2, 0.25) is 0 Å². The van der Waals surface area contributed by atoms with Gasteiger partial charge in [-0.3, -0.25) is 9.78 Å². The number of Topliss-reactive ketones (excluding diaryl/α,β-unsaturated/α-hetero) is 1. The molecule has 1 aromatic carbocycles. The van der Waals surface area contributed by atoms with E-state index in [1.807, 2.05) is 0 Å². The molecular formula is C17H17NO5. The predicted molar refractivity (Wildman–Crippen MR) is 83.0 cm³/mol. The van der Waals surface area contributed by atoms with Gasteiger partial charge in [-0.15, -0.1) is 0 Å². The maximum absolute atomic E-state index is 12.3. The van der Waals surface area contributed by atoms with E-state index in [0.717, 1.165) is 0 Å². The van der Waals surface area contributed by atoms with Crippen molar-refractivity contribution < 1.29 is 24.2 Å². The van der Waals surface area contributed by atoms with Gasteiger partial charge >= 0.3 is 11.9 Å². The summed E-state index contributed by atoms with van der Waals surface area (Å²) in [6.07, 6.45) is 1.66. The number of hydrogen-bond acceptors (Lipinski definition) is 5. The van der Waals surface area contributed by atoms with Crippen LogP contribution >= 0.6 is 0 Å². The number of nitrogens with zero attached hydrogens (tertiary/aromatic N) is 1. The highest BCUT2D eigenvalue weighted by Gasteiger charge is 2.28. The Kier molecular flexibility index (Phi) is 5.05. The zero-order valence-corrected chi connectivity index (χ0v) is 12.9. The van der Waals surface area contributed by atoms with Crippen LogP contribution in [0.4, 0.5) is 0 Å². The van der Waals surface area contributed by atoms with Crippen molar-refractivity contribution >= 4 is 28.5 Å². The van der Waals surface area contributed by atoms with Gasteiger partial charge in [0.2, 0.25) is 0 Å². The van der Waals surface area contributed by atoms with Gasteiger partial charge < -0.3 is 9.84 Å². The molecule has 0 fully saturated rings. The summed E-state index contributed by atoms with van der Waals surface area (Å²) < 4.78 is 4.87. The third-order valence-corrected chi connectivity index (χ3v) is 3.31. The van der Waals surface area contributed by atoms with E-state index in [-0.39, 0.29) is 17.9 Å². The molecule has 0 amide bonds. The van der Waals surface area contributed by atoms with Gasteiger partial charge in [0, 0.05) is 17.8 Å². The third kappa shape index (κ3) is 3.91. The van der Waals surface area contributed by atoms with Crippen molar-refractivity contribution in [2.24, 2.45) is 5.92 Å². The molecule has 2 rings (SSSR count). The summed E-state index contributed by atoms with van der Waals surface area (Å²) in [4.78, 5) is 39.4. The first-order chi connectivity index (χ1) is 10.9. The topological polar surface area (TPSA) is 93.6 Å². The van der Waals surface area contributed by atoms with Crippen LogP contribution in [-0.4, -0.2) is 33.9 Å². The quantitative estimate of drug-likeness (QED) is 0.500. The van der Waals surface area contributed by atoms with Gasteiger partial charge in [-0.2, -0.15) is 0 Å². The smallest absolute Gasteiger partial charge is 0.380 e. The molecule has 0 saturated carbocycles. The standard InChI is InChI=1S/C17H17NO5/c1-10(2)7-14(16(20)21)23-17(22)15(19)13-9-18-8-11-5-3-4-6-12(11)13/h3-6,8-10,14H,7H2,1-2H3,(H,20,21)/t14-/m1/s1. The van der Waals surface area contributed by atoms with Crippen LogP contribution in [0.25, 0.3) is 10.8 Å². The van der Waals surface area contributed by atoms with E-state index in [1.165, 1.54) is 6.20 Å². The third-order valence-electron chi connectivity index (χ3n) is 3.31. The summed E-state index contributed by atoms with van der Waals surface area (Å²) in [5.74, 6) is -3.34. The Bertz CT molecular complexity index is 748. The number of rotatable bonds is 6. The fraction of sp³-hybridized carbons (Fsp3) is 0.294. The SMILES string of the molecule is CC(C)C[C@@H](OC(=O)C(=O)c1cncc2ccccc12)C(=O)O. The van der Waals surface area contributed by atoms with Gasteiger partial charge in [-0.1, -0.05) is 38.1 Å². The molecule has 1 aromatic heterocycles. The molecule has 0 bridgehead atoms. The van der Waals surface area contributed by atoms with E-state index in [2.05, 4.69) is 4.98 Å². The van der Waals surface area contributed by atoms with Crippen LogP contribution in [0.1, 0.15) is 30.6 Å². The number of carboxylic acid groups (broad SMARTS) is 1. The van der Waals surface area contributed by atoms with Crippen LogP contribution in [0.5, 0.6) is 0 Å². The minimum absolute atomic E-state index is 0.0122. The first-order valence-corrected chi connectivity index (χ1v) is 7.21. The number of pyridine rings is 1. The lowest BCUT2D eigenvalue weighted by molar-refractivity contribution is -0.161. The van der Waals surface area contributed by atoms with Gasteiger partial charge in [0.15, 0.2) is 6.10 Å². The fourth-order valence-corrected chi connectivity index (χ4v) is 2.22. The van der Waals surface area contributed by atoms with Crippen molar-refractivity contribution in [1.82, 2.24) is 4.98 Å². The molecule has 1 atom stereocenters. The van der Waals surface area contributed by atoms with E-state index in [0.29, 0.717) is 10.8 Å². The number of hydrogen-bond donors (Lipinski definition) is 1. The molecule has 120 valence electrons. The molecule has 0 saturated heterocycles. The summed E-state index contributed by atoms with van der Waals surface area (Å²) in [5.41, 5.74) is 0.0989. The summed E-state index contributed by atoms with van der Waals surface area (Å²) in [6, 6.07) is 6.99. The molecule has 0 spiro atoms. The lowest BCUT2D eigenvalue weighted by atomic mass is 10.0. The zero-order valence-electron chi connectivity index (χ0n) is 12.9. The van der Waals surface area contributed by atoms with E-state index in [9.17, 15) is 14.4 Å². The highest BCUT2D eigenvalue weighted by Crippen LogP contribution is 2.18. The average molecular weight is 315 g/mol. The number of carbonyl (C=O) groups excluding carboxylic acids is 2. The zero-order chi connectivity index (χ0) is 17.0. The maximum Gasteiger partial charge on any atom is 0.380 e. The highest BCUT2D eigenvalue weighted by molar-refractivity contribution is 6.43. The van der Waals surface area contributed by atoms with Crippen LogP contribution < -0.4 is 0 Å². The molecule has 1 N–H and O–H groups in total. The Hall–Kier alpha value is -2.76. The Balaban J connectivity index is 2.25. The van der Waals surface area contributed by atoms with Crippen LogP contribution in [0.15, 0.2) is 36.7 Å². The van der Waals surface area contributed by atoms with Crippen molar-refractivity contribution in [2.75, 3.05) is 0 Å². The number of esters is 1. The minimum Gasteiger partial charge on any atom is -0.479 e. The normalized spacial score (nSPS) is 12.1. The van der Waals surface area contributed by atoms with Gasteiger partial charge in [-0.25, -0.2) is 9.59 Å². The predicted octanol–water partition coefficient (Wildman–Crippen LogP) is 2.46. The Morgan fingerprint density at radius 3 is 2.52 bits per heavy atom. The summed E-state index contributed by atoms with van der Waals surface area (Å²) in [7, 11) is 0. The van der Waals surface area contributed by atoms with Crippen LogP contribution in [-0.2, 0) is 14.3 Å². The molecule has 0 aliphatic carbocycles. The molecular weight excluding hydrogens is 298 g/mol. The Morgan fingerprint density at radius 2 is 1.87 bits per heavy atom.